The Bertz CT molecular complexity index is 1330. The SMILES string of the molecule is Cc1ccc2nc(-c3ccc(NC(=O)CN4C(=O)NC5(CC(C)CC(C)(C)C5)C4=O)cc3)sc2c1. The van der Waals surface area contributed by atoms with Gasteiger partial charge in [0.05, 0.1) is 10.2 Å². The molecule has 1 aromatic heterocycles. The van der Waals surface area contributed by atoms with E-state index in [2.05, 4.69) is 44.4 Å². The van der Waals surface area contributed by atoms with Crippen molar-refractivity contribution in [3.05, 3.63) is 48.0 Å². The highest BCUT2D eigenvalue weighted by atomic mass is 32.1. The van der Waals surface area contributed by atoms with Crippen molar-refractivity contribution < 1.29 is 14.4 Å². The molecule has 8 heteroatoms. The van der Waals surface area contributed by atoms with E-state index in [4.69, 9.17) is 4.98 Å². The predicted molar refractivity (Wildman–Crippen MR) is 138 cm³/mol. The number of benzene rings is 2. The van der Waals surface area contributed by atoms with Crippen LogP contribution >= 0.6 is 11.3 Å². The van der Waals surface area contributed by atoms with Crippen LogP contribution in [0.4, 0.5) is 10.5 Å². The maximum atomic E-state index is 13.3. The van der Waals surface area contributed by atoms with Gasteiger partial charge < -0.3 is 10.6 Å². The zero-order chi connectivity index (χ0) is 25.0. The molecule has 7 nitrogen and oxygen atoms in total. The maximum Gasteiger partial charge on any atom is 0.325 e. The molecule has 1 spiro atoms. The Morgan fingerprint density at radius 3 is 2.63 bits per heavy atom. The first-order valence-electron chi connectivity index (χ1n) is 12.0. The number of rotatable bonds is 4. The second-order valence-electron chi connectivity index (χ2n) is 10.9. The number of urea groups is 1. The lowest BCUT2D eigenvalue weighted by Gasteiger charge is -2.43. The van der Waals surface area contributed by atoms with Crippen molar-refractivity contribution in [1.29, 1.82) is 0 Å². The Hall–Kier alpha value is -3.26. The number of thiazole rings is 1. The molecule has 1 saturated carbocycles. The number of imide groups is 1. The number of aromatic nitrogens is 1. The molecule has 2 N–H and O–H groups in total. The minimum atomic E-state index is -0.907. The van der Waals surface area contributed by atoms with Crippen molar-refractivity contribution in [3.63, 3.8) is 0 Å². The summed E-state index contributed by atoms with van der Waals surface area (Å²) >= 11 is 1.63. The van der Waals surface area contributed by atoms with Crippen LogP contribution in [-0.4, -0.2) is 39.8 Å². The third-order valence-electron chi connectivity index (χ3n) is 6.89. The molecular weight excluding hydrogens is 460 g/mol. The summed E-state index contributed by atoms with van der Waals surface area (Å²) in [7, 11) is 0. The molecule has 1 saturated heterocycles. The first-order valence-corrected chi connectivity index (χ1v) is 12.8. The van der Waals surface area contributed by atoms with E-state index in [-0.39, 0.29) is 17.9 Å². The summed E-state index contributed by atoms with van der Waals surface area (Å²) in [5, 5.41) is 6.64. The summed E-state index contributed by atoms with van der Waals surface area (Å²) in [6.07, 6.45) is 2.19. The lowest BCUT2D eigenvalue weighted by Crippen LogP contribution is -2.54. The number of nitrogens with zero attached hydrogens (tertiary/aromatic N) is 2. The van der Waals surface area contributed by atoms with E-state index >= 15 is 0 Å². The zero-order valence-electron chi connectivity index (χ0n) is 20.5. The van der Waals surface area contributed by atoms with Crippen LogP contribution < -0.4 is 10.6 Å². The van der Waals surface area contributed by atoms with Crippen molar-refractivity contribution >= 4 is 45.1 Å². The second kappa shape index (κ2) is 8.45. The third kappa shape index (κ3) is 4.55. The maximum absolute atomic E-state index is 13.3. The number of aryl methyl sites for hydroxylation is 1. The number of fused-ring (bicyclic) bond motifs is 1. The van der Waals surface area contributed by atoms with E-state index in [9.17, 15) is 14.4 Å². The minimum absolute atomic E-state index is 0.0529. The Morgan fingerprint density at radius 1 is 1.17 bits per heavy atom. The summed E-state index contributed by atoms with van der Waals surface area (Å²) in [5.41, 5.74) is 2.77. The van der Waals surface area contributed by atoms with Crippen molar-refractivity contribution in [3.8, 4) is 10.6 Å². The number of anilines is 1. The standard InChI is InChI=1S/C27H30N4O3S/c1-16-5-10-20-21(11-16)35-23(29-20)18-6-8-19(9-7-18)28-22(32)14-31-24(33)27(30-25(31)34)13-17(2)12-26(3,4)15-27/h5-11,17H,12-15H2,1-4H3,(H,28,32)(H,30,34). The molecule has 35 heavy (non-hydrogen) atoms. The van der Waals surface area contributed by atoms with E-state index in [1.54, 1.807) is 11.3 Å². The van der Waals surface area contributed by atoms with Gasteiger partial charge in [-0.3, -0.25) is 14.5 Å². The van der Waals surface area contributed by atoms with Gasteiger partial charge in [-0.1, -0.05) is 26.8 Å². The predicted octanol–water partition coefficient (Wildman–Crippen LogP) is 5.35. The average molecular weight is 491 g/mol. The number of nitrogens with one attached hydrogen (secondary N) is 2. The minimum Gasteiger partial charge on any atom is -0.325 e. The number of carbonyl (C=O) groups is 3. The van der Waals surface area contributed by atoms with Gasteiger partial charge in [0.1, 0.15) is 17.1 Å². The monoisotopic (exact) mass is 490 g/mol. The fraction of sp³-hybridized carbons (Fsp3) is 0.407. The lowest BCUT2D eigenvalue weighted by molar-refractivity contribution is -0.136. The van der Waals surface area contributed by atoms with Gasteiger partial charge >= 0.3 is 6.03 Å². The van der Waals surface area contributed by atoms with Crippen LogP contribution in [0.15, 0.2) is 42.5 Å². The van der Waals surface area contributed by atoms with Crippen LogP contribution in [0.2, 0.25) is 0 Å². The van der Waals surface area contributed by atoms with Crippen LogP contribution in [0.3, 0.4) is 0 Å². The van der Waals surface area contributed by atoms with Gasteiger partial charge in [0.2, 0.25) is 5.91 Å². The van der Waals surface area contributed by atoms with E-state index in [0.29, 0.717) is 24.4 Å². The molecule has 3 aromatic rings. The number of amides is 4. The van der Waals surface area contributed by atoms with Crippen molar-refractivity contribution in [2.24, 2.45) is 11.3 Å². The molecule has 2 heterocycles. The second-order valence-corrected chi connectivity index (χ2v) is 11.9. The molecule has 1 aliphatic carbocycles. The van der Waals surface area contributed by atoms with E-state index in [1.165, 1.54) is 5.56 Å². The van der Waals surface area contributed by atoms with Gasteiger partial charge in [-0.25, -0.2) is 9.78 Å². The van der Waals surface area contributed by atoms with Crippen LogP contribution in [0.25, 0.3) is 20.8 Å². The average Bonchev–Trinajstić information content (AvgIpc) is 3.27. The molecule has 2 aliphatic rings. The van der Waals surface area contributed by atoms with Gasteiger partial charge in [0.15, 0.2) is 0 Å². The summed E-state index contributed by atoms with van der Waals surface area (Å²) in [4.78, 5) is 44.4. The fourth-order valence-electron chi connectivity index (χ4n) is 5.85. The van der Waals surface area contributed by atoms with E-state index < -0.39 is 17.5 Å². The quantitative estimate of drug-likeness (QED) is 0.483. The van der Waals surface area contributed by atoms with Gasteiger partial charge in [0.25, 0.3) is 5.91 Å². The van der Waals surface area contributed by atoms with Gasteiger partial charge in [0, 0.05) is 11.3 Å². The normalized spacial score (nSPS) is 23.7. The van der Waals surface area contributed by atoms with Crippen molar-refractivity contribution in [2.45, 2.75) is 52.5 Å². The molecule has 2 unspecified atom stereocenters. The molecule has 2 atom stereocenters. The summed E-state index contributed by atoms with van der Waals surface area (Å²) in [6, 6.07) is 13.1. The van der Waals surface area contributed by atoms with Crippen molar-refractivity contribution in [2.75, 3.05) is 11.9 Å². The Balaban J connectivity index is 1.25. The van der Waals surface area contributed by atoms with Gasteiger partial charge in [-0.15, -0.1) is 11.3 Å². The first kappa shape index (κ1) is 23.5. The molecule has 4 amide bonds. The molecule has 5 rings (SSSR count). The lowest BCUT2D eigenvalue weighted by atomic mass is 9.64. The highest BCUT2D eigenvalue weighted by molar-refractivity contribution is 7.21. The molecule has 2 aromatic carbocycles. The Morgan fingerprint density at radius 2 is 1.91 bits per heavy atom. The van der Waals surface area contributed by atoms with Crippen LogP contribution in [-0.2, 0) is 9.59 Å². The highest BCUT2D eigenvalue weighted by Crippen LogP contribution is 2.46. The fourth-order valence-corrected chi connectivity index (χ4v) is 6.91. The zero-order valence-corrected chi connectivity index (χ0v) is 21.3. The van der Waals surface area contributed by atoms with Crippen LogP contribution in [0.1, 0.15) is 45.6 Å². The van der Waals surface area contributed by atoms with Gasteiger partial charge in [-0.05, 0) is 79.5 Å². The largest absolute Gasteiger partial charge is 0.325 e. The van der Waals surface area contributed by atoms with Crippen molar-refractivity contribution in [1.82, 2.24) is 15.2 Å². The molecule has 1 aliphatic heterocycles. The Labute approximate surface area is 208 Å². The number of hydrogen-bond acceptors (Lipinski definition) is 5. The van der Waals surface area contributed by atoms with E-state index in [0.717, 1.165) is 32.1 Å². The molecule has 182 valence electrons. The highest BCUT2D eigenvalue weighted by Gasteiger charge is 2.56. The molecule has 0 radical (unpaired) electrons. The summed E-state index contributed by atoms with van der Waals surface area (Å²) in [6.45, 7) is 8.11. The van der Waals surface area contributed by atoms with Crippen LogP contribution in [0, 0.1) is 18.3 Å². The molecule has 2 fully saturated rings. The number of hydrogen-bond donors (Lipinski definition) is 2. The molecular formula is C27H30N4O3S. The topological polar surface area (TPSA) is 91.4 Å². The van der Waals surface area contributed by atoms with Gasteiger partial charge in [-0.2, -0.15) is 0 Å². The number of carbonyl (C=O) groups excluding carboxylic acids is 3. The smallest absolute Gasteiger partial charge is 0.325 e. The first-order chi connectivity index (χ1) is 16.5. The van der Waals surface area contributed by atoms with Crippen LogP contribution in [0.5, 0.6) is 0 Å². The van der Waals surface area contributed by atoms with E-state index in [1.807, 2.05) is 36.4 Å². The summed E-state index contributed by atoms with van der Waals surface area (Å²) < 4.78 is 1.14. The summed E-state index contributed by atoms with van der Waals surface area (Å²) in [5.74, 6) is -0.384. The molecule has 0 bridgehead atoms. The Kier molecular flexibility index (Phi) is 5.67. The third-order valence-corrected chi connectivity index (χ3v) is 7.95.